The van der Waals surface area contributed by atoms with Crippen LogP contribution in [-0.4, -0.2) is 30.2 Å². The van der Waals surface area contributed by atoms with Gasteiger partial charge < -0.3 is 15.4 Å². The summed E-state index contributed by atoms with van der Waals surface area (Å²) in [5.74, 6) is -0.891. The molecular formula is C10H15N3O3. The summed E-state index contributed by atoms with van der Waals surface area (Å²) in [4.78, 5) is 22.7. The van der Waals surface area contributed by atoms with Crippen molar-refractivity contribution in [3.63, 3.8) is 0 Å². The molecule has 0 saturated carbocycles. The van der Waals surface area contributed by atoms with Crippen LogP contribution >= 0.6 is 0 Å². The number of ether oxygens (including phenoxy) is 1. The van der Waals surface area contributed by atoms with Crippen molar-refractivity contribution in [1.82, 2.24) is 10.6 Å². The van der Waals surface area contributed by atoms with Crippen LogP contribution in [0.2, 0.25) is 0 Å². The molecule has 2 atom stereocenters. The average molecular weight is 225 g/mol. The first-order chi connectivity index (χ1) is 7.33. The van der Waals surface area contributed by atoms with E-state index in [1.54, 1.807) is 20.8 Å². The van der Waals surface area contributed by atoms with Crippen LogP contribution in [0.1, 0.15) is 20.8 Å². The molecule has 1 fully saturated rings. The molecule has 16 heavy (non-hydrogen) atoms. The van der Waals surface area contributed by atoms with E-state index in [0.717, 1.165) is 0 Å². The Morgan fingerprint density at radius 3 is 2.75 bits per heavy atom. The molecule has 0 spiro atoms. The minimum Gasteiger partial charge on any atom is -0.444 e. The fourth-order valence-electron chi connectivity index (χ4n) is 1.34. The summed E-state index contributed by atoms with van der Waals surface area (Å²) in [6, 6.07) is 1.14. The number of amides is 2. The molecule has 1 aliphatic rings. The quantitative estimate of drug-likeness (QED) is 0.664. The number of nitrogens with one attached hydrogen (secondary N) is 2. The summed E-state index contributed by atoms with van der Waals surface area (Å²) in [7, 11) is 0. The molecule has 0 aromatic carbocycles. The van der Waals surface area contributed by atoms with E-state index in [9.17, 15) is 9.59 Å². The second-order valence-corrected chi connectivity index (χ2v) is 4.60. The minimum atomic E-state index is -0.820. The first kappa shape index (κ1) is 12.3. The maximum absolute atomic E-state index is 11.4. The van der Waals surface area contributed by atoms with Gasteiger partial charge in [-0.3, -0.25) is 4.79 Å². The van der Waals surface area contributed by atoms with Gasteiger partial charge in [0.2, 0.25) is 5.91 Å². The Hall–Kier alpha value is -1.77. The standard InChI is InChI=1S/C10H15N3O3/c1-10(2,3)16-9(15)13-7-6(4-11)5-12-8(7)14/h6-7H,5H2,1-3H3,(H,12,14)(H,13,15). The van der Waals surface area contributed by atoms with E-state index in [1.165, 1.54) is 0 Å². The Balaban J connectivity index is 2.57. The highest BCUT2D eigenvalue weighted by atomic mass is 16.6. The van der Waals surface area contributed by atoms with Gasteiger partial charge in [-0.1, -0.05) is 0 Å². The van der Waals surface area contributed by atoms with Crippen molar-refractivity contribution in [3.8, 4) is 6.07 Å². The summed E-state index contributed by atoms with van der Waals surface area (Å²) in [6.45, 7) is 5.44. The molecule has 6 nitrogen and oxygen atoms in total. The number of alkyl carbamates (subject to hydrolysis) is 1. The Morgan fingerprint density at radius 1 is 1.62 bits per heavy atom. The van der Waals surface area contributed by atoms with Gasteiger partial charge in [-0.15, -0.1) is 0 Å². The molecule has 0 radical (unpaired) electrons. The number of nitriles is 1. The van der Waals surface area contributed by atoms with Crippen LogP contribution in [0.5, 0.6) is 0 Å². The van der Waals surface area contributed by atoms with Gasteiger partial charge in [0.15, 0.2) is 0 Å². The maximum Gasteiger partial charge on any atom is 0.408 e. The number of carbonyl (C=O) groups excluding carboxylic acids is 2. The lowest BCUT2D eigenvalue weighted by atomic mass is 10.1. The van der Waals surface area contributed by atoms with Gasteiger partial charge in [-0.25, -0.2) is 4.79 Å². The largest absolute Gasteiger partial charge is 0.444 e. The van der Waals surface area contributed by atoms with Gasteiger partial charge >= 0.3 is 6.09 Å². The second kappa shape index (κ2) is 4.39. The highest BCUT2D eigenvalue weighted by Crippen LogP contribution is 2.11. The number of carbonyl (C=O) groups is 2. The molecule has 1 heterocycles. The monoisotopic (exact) mass is 225 g/mol. The summed E-state index contributed by atoms with van der Waals surface area (Å²) in [6.07, 6.45) is -0.685. The number of hydrogen-bond acceptors (Lipinski definition) is 4. The van der Waals surface area contributed by atoms with Crippen molar-refractivity contribution in [3.05, 3.63) is 0 Å². The van der Waals surface area contributed by atoms with Gasteiger partial charge in [-0.05, 0) is 20.8 Å². The van der Waals surface area contributed by atoms with Gasteiger partial charge in [0.05, 0.1) is 12.0 Å². The van der Waals surface area contributed by atoms with Crippen molar-refractivity contribution < 1.29 is 14.3 Å². The molecule has 2 unspecified atom stereocenters. The van der Waals surface area contributed by atoms with Crippen LogP contribution in [0, 0.1) is 17.2 Å². The third-order valence-corrected chi connectivity index (χ3v) is 2.02. The Morgan fingerprint density at radius 2 is 2.25 bits per heavy atom. The van der Waals surface area contributed by atoms with Gasteiger partial charge in [0, 0.05) is 6.54 Å². The van der Waals surface area contributed by atoms with Crippen LogP contribution in [0.4, 0.5) is 4.79 Å². The van der Waals surface area contributed by atoms with E-state index in [1.807, 2.05) is 6.07 Å². The number of nitrogens with zero attached hydrogens (tertiary/aromatic N) is 1. The molecule has 1 rings (SSSR count). The summed E-state index contributed by atoms with van der Waals surface area (Å²) >= 11 is 0. The molecule has 0 aliphatic carbocycles. The van der Waals surface area contributed by atoms with Gasteiger partial charge in [0.25, 0.3) is 0 Å². The van der Waals surface area contributed by atoms with E-state index in [4.69, 9.17) is 10.00 Å². The van der Waals surface area contributed by atoms with Crippen LogP contribution in [0.3, 0.4) is 0 Å². The van der Waals surface area contributed by atoms with Crippen molar-refractivity contribution in [2.75, 3.05) is 6.54 Å². The van der Waals surface area contributed by atoms with Crippen molar-refractivity contribution >= 4 is 12.0 Å². The molecule has 2 amide bonds. The molecule has 0 aromatic heterocycles. The molecule has 88 valence electrons. The summed E-state index contributed by atoms with van der Waals surface area (Å²) in [5, 5.41) is 13.7. The predicted octanol–water partition coefficient (Wildman–Crippen LogP) is 0.149. The van der Waals surface area contributed by atoms with Crippen LogP contribution in [-0.2, 0) is 9.53 Å². The molecule has 0 bridgehead atoms. The van der Waals surface area contributed by atoms with E-state index in [0.29, 0.717) is 0 Å². The van der Waals surface area contributed by atoms with Gasteiger partial charge in [0.1, 0.15) is 11.6 Å². The highest BCUT2D eigenvalue weighted by molar-refractivity contribution is 5.88. The summed E-state index contributed by atoms with van der Waals surface area (Å²) in [5.41, 5.74) is -0.624. The lowest BCUT2D eigenvalue weighted by Gasteiger charge is -2.21. The smallest absolute Gasteiger partial charge is 0.408 e. The lowest BCUT2D eigenvalue weighted by molar-refractivity contribution is -0.121. The molecule has 1 aliphatic heterocycles. The van der Waals surface area contributed by atoms with E-state index in [2.05, 4.69) is 10.6 Å². The summed E-state index contributed by atoms with van der Waals surface area (Å²) < 4.78 is 5.00. The first-order valence-electron chi connectivity index (χ1n) is 5.00. The normalized spacial score (nSPS) is 24.5. The van der Waals surface area contributed by atoms with Crippen molar-refractivity contribution in [2.24, 2.45) is 5.92 Å². The molecule has 2 N–H and O–H groups in total. The molecule has 6 heteroatoms. The zero-order valence-corrected chi connectivity index (χ0v) is 9.53. The fourth-order valence-corrected chi connectivity index (χ4v) is 1.34. The Bertz CT molecular complexity index is 340. The first-order valence-corrected chi connectivity index (χ1v) is 5.00. The third-order valence-electron chi connectivity index (χ3n) is 2.02. The predicted molar refractivity (Wildman–Crippen MR) is 55.3 cm³/mol. The minimum absolute atomic E-state index is 0.260. The Kier molecular flexibility index (Phi) is 3.38. The van der Waals surface area contributed by atoms with Crippen LogP contribution < -0.4 is 10.6 Å². The second-order valence-electron chi connectivity index (χ2n) is 4.60. The van der Waals surface area contributed by atoms with Crippen LogP contribution in [0.25, 0.3) is 0 Å². The van der Waals surface area contributed by atoms with E-state index >= 15 is 0 Å². The Labute approximate surface area is 93.9 Å². The topological polar surface area (TPSA) is 91.2 Å². The fraction of sp³-hybridized carbons (Fsp3) is 0.700. The van der Waals surface area contributed by atoms with E-state index < -0.39 is 23.7 Å². The lowest BCUT2D eigenvalue weighted by Crippen LogP contribution is -2.45. The van der Waals surface area contributed by atoms with Gasteiger partial charge in [-0.2, -0.15) is 5.26 Å². The third kappa shape index (κ3) is 3.12. The highest BCUT2D eigenvalue weighted by Gasteiger charge is 2.36. The van der Waals surface area contributed by atoms with Crippen LogP contribution in [0.15, 0.2) is 0 Å². The SMILES string of the molecule is CC(C)(C)OC(=O)NC1C(=O)NCC1C#N. The van der Waals surface area contributed by atoms with Crippen molar-refractivity contribution in [2.45, 2.75) is 32.4 Å². The zero-order chi connectivity index (χ0) is 12.3. The molecule has 1 saturated heterocycles. The zero-order valence-electron chi connectivity index (χ0n) is 9.53. The number of rotatable bonds is 1. The maximum atomic E-state index is 11.4. The number of hydrogen-bond donors (Lipinski definition) is 2. The van der Waals surface area contributed by atoms with Crippen molar-refractivity contribution in [1.29, 1.82) is 5.26 Å². The van der Waals surface area contributed by atoms with E-state index in [-0.39, 0.29) is 12.5 Å². The average Bonchev–Trinajstić information content (AvgIpc) is 2.44. The molecular weight excluding hydrogens is 210 g/mol. The molecule has 0 aromatic rings.